The number of carbonyl (C=O) groups excluding carboxylic acids is 1. The lowest BCUT2D eigenvalue weighted by Crippen LogP contribution is -2.39. The van der Waals surface area contributed by atoms with Gasteiger partial charge in [-0.2, -0.15) is 5.10 Å². The molecule has 178 valence electrons. The minimum absolute atomic E-state index is 0.0335. The van der Waals surface area contributed by atoms with Crippen molar-refractivity contribution < 1.29 is 22.7 Å². The fraction of sp³-hybridized carbons (Fsp3) is 0.167. The van der Waals surface area contributed by atoms with Gasteiger partial charge in [0.15, 0.2) is 0 Å². The van der Waals surface area contributed by atoms with Crippen molar-refractivity contribution in [1.29, 1.82) is 0 Å². The Balaban J connectivity index is 1.93. The number of halogens is 1. The summed E-state index contributed by atoms with van der Waals surface area (Å²) < 4.78 is 38.6. The maximum Gasteiger partial charge on any atom is 0.264 e. The number of anilines is 1. The molecule has 8 nitrogen and oxygen atoms in total. The van der Waals surface area contributed by atoms with Crippen LogP contribution in [0.1, 0.15) is 11.1 Å². The normalized spacial score (nSPS) is 11.3. The van der Waals surface area contributed by atoms with Gasteiger partial charge in [0.25, 0.3) is 15.9 Å². The van der Waals surface area contributed by atoms with Crippen LogP contribution >= 0.6 is 11.6 Å². The first-order valence-electron chi connectivity index (χ1n) is 10.1. The number of carbonyl (C=O) groups is 1. The van der Waals surface area contributed by atoms with E-state index >= 15 is 0 Å². The van der Waals surface area contributed by atoms with Crippen molar-refractivity contribution in [2.45, 2.75) is 11.8 Å². The molecule has 3 aromatic carbocycles. The molecule has 1 N–H and O–H groups in total. The van der Waals surface area contributed by atoms with Gasteiger partial charge in [0.2, 0.25) is 0 Å². The summed E-state index contributed by atoms with van der Waals surface area (Å²) >= 11 is 5.95. The Morgan fingerprint density at radius 2 is 1.79 bits per heavy atom. The molecule has 0 bridgehead atoms. The molecule has 0 atom stereocenters. The summed E-state index contributed by atoms with van der Waals surface area (Å²) in [4.78, 5) is 12.7. The lowest BCUT2D eigenvalue weighted by Gasteiger charge is -2.25. The predicted octanol–water partition coefficient (Wildman–Crippen LogP) is 4.01. The van der Waals surface area contributed by atoms with Gasteiger partial charge in [-0.25, -0.2) is 13.8 Å². The fourth-order valence-electron chi connectivity index (χ4n) is 3.06. The molecule has 0 saturated heterocycles. The number of benzene rings is 3. The van der Waals surface area contributed by atoms with E-state index in [1.54, 1.807) is 48.5 Å². The number of nitrogens with one attached hydrogen (secondary N) is 1. The van der Waals surface area contributed by atoms with Gasteiger partial charge in [0.1, 0.15) is 18.0 Å². The summed E-state index contributed by atoms with van der Waals surface area (Å²) in [6.45, 7) is 1.32. The van der Waals surface area contributed by atoms with Gasteiger partial charge < -0.3 is 9.47 Å². The van der Waals surface area contributed by atoms with E-state index in [2.05, 4.69) is 10.5 Å². The largest absolute Gasteiger partial charge is 0.497 e. The molecule has 0 radical (unpaired) electrons. The Morgan fingerprint density at radius 1 is 1.06 bits per heavy atom. The van der Waals surface area contributed by atoms with Crippen LogP contribution in [0.3, 0.4) is 0 Å². The summed E-state index contributed by atoms with van der Waals surface area (Å²) in [6.07, 6.45) is 1.41. The molecule has 1 amide bonds. The average molecular weight is 502 g/mol. The van der Waals surface area contributed by atoms with Crippen LogP contribution in [-0.4, -0.2) is 41.3 Å². The second kappa shape index (κ2) is 11.0. The lowest BCUT2D eigenvalue weighted by atomic mass is 10.2. The zero-order chi connectivity index (χ0) is 24.7. The second-order valence-electron chi connectivity index (χ2n) is 7.21. The smallest absolute Gasteiger partial charge is 0.264 e. The van der Waals surface area contributed by atoms with Crippen LogP contribution in [0.4, 0.5) is 5.69 Å². The van der Waals surface area contributed by atoms with E-state index in [0.717, 1.165) is 9.87 Å². The van der Waals surface area contributed by atoms with Crippen LogP contribution in [0.5, 0.6) is 11.5 Å². The maximum atomic E-state index is 13.5. The van der Waals surface area contributed by atoms with Crippen molar-refractivity contribution in [2.75, 3.05) is 25.1 Å². The molecule has 0 aliphatic carbocycles. The fourth-order valence-corrected chi connectivity index (χ4v) is 4.69. The second-order valence-corrected chi connectivity index (χ2v) is 9.51. The number of sulfonamides is 1. The van der Waals surface area contributed by atoms with Gasteiger partial charge in [-0.05, 0) is 48.9 Å². The van der Waals surface area contributed by atoms with E-state index in [9.17, 15) is 13.2 Å². The molecule has 3 aromatic rings. The molecule has 0 spiro atoms. The van der Waals surface area contributed by atoms with E-state index < -0.39 is 22.5 Å². The van der Waals surface area contributed by atoms with Crippen molar-refractivity contribution in [3.05, 3.63) is 82.9 Å². The van der Waals surface area contributed by atoms with Crippen LogP contribution in [0, 0.1) is 6.92 Å². The third-order valence-corrected chi connectivity index (χ3v) is 6.81. The SMILES string of the molecule is COc1ccc(N(CC(=O)N/N=C\c2cccc(Cl)c2)S(=O)(=O)c2ccc(C)cc2)c(OC)c1. The first kappa shape index (κ1) is 25.1. The zero-order valence-corrected chi connectivity index (χ0v) is 20.4. The summed E-state index contributed by atoms with van der Waals surface area (Å²) in [5.74, 6) is 0.0564. The topological polar surface area (TPSA) is 97.3 Å². The summed E-state index contributed by atoms with van der Waals surface area (Å²) in [5, 5.41) is 4.44. The van der Waals surface area contributed by atoms with E-state index in [0.29, 0.717) is 16.3 Å². The molecule has 0 heterocycles. The standard InChI is InChI=1S/C24H24ClN3O5S/c1-17-7-10-21(11-8-17)34(30,31)28(22-12-9-20(32-2)14-23(22)33-3)16-24(29)27-26-15-18-5-4-6-19(25)13-18/h4-15H,16H2,1-3H3,(H,27,29)/b26-15-. The van der Waals surface area contributed by atoms with Gasteiger partial charge in [0.05, 0.1) is 31.0 Å². The van der Waals surface area contributed by atoms with Crippen molar-refractivity contribution in [3.8, 4) is 11.5 Å². The first-order valence-corrected chi connectivity index (χ1v) is 12.0. The molecule has 0 aromatic heterocycles. The Bertz CT molecular complexity index is 1290. The number of ether oxygens (including phenoxy) is 2. The summed E-state index contributed by atoms with van der Waals surface area (Å²) in [6, 6.07) is 17.9. The van der Waals surface area contributed by atoms with Crippen molar-refractivity contribution in [2.24, 2.45) is 5.10 Å². The van der Waals surface area contributed by atoms with Crippen molar-refractivity contribution >= 4 is 39.4 Å². The lowest BCUT2D eigenvalue weighted by molar-refractivity contribution is -0.119. The minimum Gasteiger partial charge on any atom is -0.497 e. The molecular weight excluding hydrogens is 478 g/mol. The highest BCUT2D eigenvalue weighted by molar-refractivity contribution is 7.92. The molecule has 0 fully saturated rings. The molecule has 0 unspecified atom stereocenters. The van der Waals surface area contributed by atoms with Crippen LogP contribution in [0.2, 0.25) is 5.02 Å². The molecule has 34 heavy (non-hydrogen) atoms. The van der Waals surface area contributed by atoms with Crippen molar-refractivity contribution in [3.63, 3.8) is 0 Å². The minimum atomic E-state index is -4.12. The maximum absolute atomic E-state index is 13.5. The van der Waals surface area contributed by atoms with Crippen LogP contribution in [0.25, 0.3) is 0 Å². The Hall–Kier alpha value is -3.56. The van der Waals surface area contributed by atoms with E-state index in [4.69, 9.17) is 21.1 Å². The molecule has 3 rings (SSSR count). The van der Waals surface area contributed by atoms with E-state index in [-0.39, 0.29) is 16.3 Å². The van der Waals surface area contributed by atoms with E-state index in [1.165, 1.54) is 38.6 Å². The number of aryl methyl sites for hydroxylation is 1. The number of hydrogen-bond donors (Lipinski definition) is 1. The van der Waals surface area contributed by atoms with Gasteiger partial charge in [-0.15, -0.1) is 0 Å². The highest BCUT2D eigenvalue weighted by atomic mass is 35.5. The molecule has 10 heteroatoms. The third kappa shape index (κ3) is 6.06. The van der Waals surface area contributed by atoms with Crippen LogP contribution < -0.4 is 19.2 Å². The predicted molar refractivity (Wildman–Crippen MR) is 132 cm³/mol. The molecule has 0 saturated carbocycles. The zero-order valence-electron chi connectivity index (χ0n) is 18.9. The first-order chi connectivity index (χ1) is 16.2. The van der Waals surface area contributed by atoms with Gasteiger partial charge in [-0.1, -0.05) is 41.4 Å². The van der Waals surface area contributed by atoms with Crippen LogP contribution in [-0.2, 0) is 14.8 Å². The summed E-state index contributed by atoms with van der Waals surface area (Å²) in [7, 11) is -1.22. The highest BCUT2D eigenvalue weighted by Crippen LogP contribution is 2.35. The quantitative estimate of drug-likeness (QED) is 0.353. The number of amides is 1. The number of hydrazone groups is 1. The monoisotopic (exact) mass is 501 g/mol. The Morgan fingerprint density at radius 3 is 2.44 bits per heavy atom. The van der Waals surface area contributed by atoms with E-state index in [1.807, 2.05) is 6.92 Å². The Kier molecular flexibility index (Phi) is 8.14. The molecule has 0 aliphatic heterocycles. The number of rotatable bonds is 9. The van der Waals surface area contributed by atoms with Gasteiger partial charge >= 0.3 is 0 Å². The molecule has 0 aliphatic rings. The van der Waals surface area contributed by atoms with Gasteiger partial charge in [0, 0.05) is 11.1 Å². The number of methoxy groups -OCH3 is 2. The molecular formula is C24H24ClN3O5S. The summed E-state index contributed by atoms with van der Waals surface area (Å²) in [5.41, 5.74) is 4.12. The Labute approximate surface area is 203 Å². The average Bonchev–Trinajstić information content (AvgIpc) is 2.82. The number of hydrogen-bond acceptors (Lipinski definition) is 6. The number of nitrogens with zero attached hydrogens (tertiary/aromatic N) is 2. The highest BCUT2D eigenvalue weighted by Gasteiger charge is 2.29. The van der Waals surface area contributed by atoms with Gasteiger partial charge in [-0.3, -0.25) is 9.10 Å². The van der Waals surface area contributed by atoms with Crippen molar-refractivity contribution in [1.82, 2.24) is 5.43 Å². The van der Waals surface area contributed by atoms with Crippen LogP contribution in [0.15, 0.2) is 76.7 Å². The third-order valence-electron chi connectivity index (χ3n) is 4.80.